The number of rotatable bonds is 13. The van der Waals surface area contributed by atoms with E-state index >= 15 is 4.79 Å². The lowest BCUT2D eigenvalue weighted by molar-refractivity contribution is -0.346. The van der Waals surface area contributed by atoms with Crippen molar-refractivity contribution in [2.45, 2.75) is 134 Å². The van der Waals surface area contributed by atoms with Crippen LogP contribution in [-0.4, -0.2) is 135 Å². The first-order valence-electron chi connectivity index (χ1n) is 21.9. The molecule has 1 heterocycles. The molecule has 3 aliphatic carbocycles. The highest BCUT2D eigenvalue weighted by molar-refractivity contribution is 5.96. The smallest absolute Gasteiger partial charge is 0.408 e. The fraction of sp³-hybridized carbons (Fsp3) is 0.562. The van der Waals surface area contributed by atoms with Crippen molar-refractivity contribution in [2.24, 2.45) is 16.7 Å². The molecule has 3 fully saturated rings. The molecule has 6 rings (SSSR count). The van der Waals surface area contributed by atoms with Crippen LogP contribution in [0, 0.1) is 16.7 Å². The highest BCUT2D eigenvalue weighted by atomic mass is 16.6. The third kappa shape index (κ3) is 9.44. The van der Waals surface area contributed by atoms with E-state index in [4.69, 9.17) is 33.2 Å². The first-order valence-corrected chi connectivity index (χ1v) is 21.9. The first kappa shape index (κ1) is 50.7. The zero-order chi connectivity index (χ0) is 49.4. The number of carbonyl (C=O) groups is 7. The van der Waals surface area contributed by atoms with Crippen molar-refractivity contribution in [3.05, 3.63) is 82.9 Å². The Hall–Kier alpha value is -5.73. The van der Waals surface area contributed by atoms with Crippen LogP contribution in [0.2, 0.25) is 0 Å². The van der Waals surface area contributed by atoms with Gasteiger partial charge in [-0.25, -0.2) is 19.2 Å². The molecule has 4 aliphatic rings. The normalized spacial score (nSPS) is 30.5. The van der Waals surface area contributed by atoms with Crippen molar-refractivity contribution in [2.75, 3.05) is 19.8 Å². The van der Waals surface area contributed by atoms with Gasteiger partial charge in [-0.1, -0.05) is 62.4 Å². The van der Waals surface area contributed by atoms with Gasteiger partial charge >= 0.3 is 35.9 Å². The number of hydrogen-bond donors (Lipinski definition) is 5. The maximum atomic E-state index is 16.0. The Morgan fingerprint density at radius 2 is 1.52 bits per heavy atom. The van der Waals surface area contributed by atoms with Gasteiger partial charge < -0.3 is 58.9 Å². The van der Waals surface area contributed by atoms with Gasteiger partial charge in [0, 0.05) is 25.2 Å². The number of aliphatic hydroxyl groups is 4. The van der Waals surface area contributed by atoms with E-state index in [2.05, 4.69) is 5.32 Å². The second kappa shape index (κ2) is 19.1. The van der Waals surface area contributed by atoms with E-state index in [0.717, 1.165) is 6.92 Å². The summed E-state index contributed by atoms with van der Waals surface area (Å²) in [6.45, 7) is 9.45. The largest absolute Gasteiger partial charge is 0.459 e. The highest BCUT2D eigenvalue weighted by Crippen LogP contribution is 2.65. The molecule has 364 valence electrons. The molecule has 1 amide bonds. The van der Waals surface area contributed by atoms with Gasteiger partial charge in [-0.3, -0.25) is 14.4 Å². The minimum Gasteiger partial charge on any atom is -0.459 e. The van der Waals surface area contributed by atoms with Crippen molar-refractivity contribution >= 4 is 41.7 Å². The van der Waals surface area contributed by atoms with E-state index in [1.165, 1.54) is 39.8 Å². The molecule has 67 heavy (non-hydrogen) atoms. The van der Waals surface area contributed by atoms with Crippen molar-refractivity contribution < 1.29 is 87.1 Å². The van der Waals surface area contributed by atoms with E-state index in [-0.39, 0.29) is 28.7 Å². The molecular weight excluding hydrogens is 879 g/mol. The van der Waals surface area contributed by atoms with Crippen LogP contribution in [0.15, 0.2) is 71.8 Å². The Kier molecular flexibility index (Phi) is 14.5. The number of ether oxygens (including phenoxy) is 7. The Balaban J connectivity index is 1.60. The lowest BCUT2D eigenvalue weighted by atomic mass is 9.44. The maximum Gasteiger partial charge on any atom is 0.408 e. The van der Waals surface area contributed by atoms with E-state index in [9.17, 15) is 49.2 Å². The number of fused-ring (bicyclic) bond motifs is 5. The minimum absolute atomic E-state index is 0.00452. The van der Waals surface area contributed by atoms with E-state index in [1.54, 1.807) is 69.3 Å². The van der Waals surface area contributed by atoms with Gasteiger partial charge in [0.15, 0.2) is 23.6 Å². The van der Waals surface area contributed by atoms with Gasteiger partial charge in [-0.2, -0.15) is 0 Å². The number of Topliss-reactive ketones (excluding diaryl/α,β-unsaturated/α-hetero) is 1. The van der Waals surface area contributed by atoms with E-state index < -0.39 is 151 Å². The Morgan fingerprint density at radius 3 is 2.07 bits per heavy atom. The molecule has 1 saturated heterocycles. The number of amides is 1. The standard InChI is InChI=1S/C48H59NO18/c1-25-29(62-42(58)36(55)35(27-15-11-9-12-16-27)49-43(59)67-44(3,4)5)22-48(60)40(65-41(57)28-17-13-10-14-18-28)38-46(8,39(56)37(34(25)45(48,6)7)64-32(53)19-20-50)30(63-33(54)23-51)21-31-47(38,24-61-31)66-26(2)52/h9-18,29-31,35-38,40,50-51,55,60H,19-24H2,1-8H3,(H,49,59)/t29-,30-,31+,35-,36+,37+,38?,40-,46+,47-,48+/m0/s1. The van der Waals surface area contributed by atoms with Gasteiger partial charge in [0.2, 0.25) is 0 Å². The number of alkyl carbamates (subject to hydrolysis) is 1. The van der Waals surface area contributed by atoms with E-state index in [1.807, 2.05) is 0 Å². The second-order valence-electron chi connectivity index (χ2n) is 19.1. The lowest BCUT2D eigenvalue weighted by Gasteiger charge is -2.67. The molecule has 0 spiro atoms. The molecule has 2 bridgehead atoms. The summed E-state index contributed by atoms with van der Waals surface area (Å²) >= 11 is 0. The second-order valence-corrected chi connectivity index (χ2v) is 19.1. The number of esters is 5. The average Bonchev–Trinajstić information content (AvgIpc) is 3.25. The summed E-state index contributed by atoms with van der Waals surface area (Å²) in [5.74, 6) is -8.20. The predicted molar refractivity (Wildman–Crippen MR) is 230 cm³/mol. The van der Waals surface area contributed by atoms with Gasteiger partial charge in [0.25, 0.3) is 0 Å². The first-order chi connectivity index (χ1) is 31.4. The molecule has 0 radical (unpaired) electrons. The zero-order valence-electron chi connectivity index (χ0n) is 38.6. The summed E-state index contributed by atoms with van der Waals surface area (Å²) in [7, 11) is 0. The number of hydrogen-bond acceptors (Lipinski definition) is 18. The Morgan fingerprint density at radius 1 is 0.896 bits per heavy atom. The molecule has 19 heteroatoms. The SMILES string of the molecule is CC(=O)O[C@@]12CO[C@@H]1C[C@H](OC(=O)CO)[C@@]1(C)C(=O)[C@H](OC(=O)CCO)C3=C(C)[C@@H](OC(=O)[C@H](O)[C@@H](NC(=O)OC(C)(C)C)c4ccccc4)C[C@@](O)([C@@H](OC(=O)c4ccccc4)C12)C3(C)C. The highest BCUT2D eigenvalue weighted by Gasteiger charge is 2.79. The summed E-state index contributed by atoms with van der Waals surface area (Å²) in [6.07, 6.45) is -13.1. The molecule has 1 unspecified atom stereocenters. The van der Waals surface area contributed by atoms with Crippen LogP contribution in [0.5, 0.6) is 0 Å². The fourth-order valence-corrected chi connectivity index (χ4v) is 10.3. The van der Waals surface area contributed by atoms with Gasteiger partial charge in [0.1, 0.15) is 42.2 Å². The maximum absolute atomic E-state index is 16.0. The van der Waals surface area contributed by atoms with Crippen LogP contribution in [0.1, 0.15) is 96.6 Å². The molecule has 5 N–H and O–H groups in total. The number of ketones is 1. The number of nitrogens with one attached hydrogen (secondary N) is 1. The summed E-state index contributed by atoms with van der Waals surface area (Å²) in [5.41, 5.74) is -9.31. The summed E-state index contributed by atoms with van der Waals surface area (Å²) in [5, 5.41) is 47.8. The molecule has 1 aliphatic heterocycles. The summed E-state index contributed by atoms with van der Waals surface area (Å²) < 4.78 is 41.7. The quantitative estimate of drug-likeness (QED) is 0.110. The van der Waals surface area contributed by atoms with Crippen LogP contribution < -0.4 is 5.32 Å². The van der Waals surface area contributed by atoms with Crippen LogP contribution in [0.3, 0.4) is 0 Å². The van der Waals surface area contributed by atoms with Crippen molar-refractivity contribution in [1.29, 1.82) is 0 Å². The van der Waals surface area contributed by atoms with E-state index in [0.29, 0.717) is 0 Å². The van der Waals surface area contributed by atoms with Crippen molar-refractivity contribution in [1.82, 2.24) is 5.32 Å². The topological polar surface area (TPSA) is 277 Å². The van der Waals surface area contributed by atoms with Crippen LogP contribution in [0.25, 0.3) is 0 Å². The fourth-order valence-electron chi connectivity index (χ4n) is 10.3. The molecular formula is C48H59NO18. The third-order valence-electron chi connectivity index (χ3n) is 13.5. The number of aliphatic hydroxyl groups excluding tert-OH is 3. The Bertz CT molecular complexity index is 2270. The van der Waals surface area contributed by atoms with Crippen LogP contribution in [-0.2, 0) is 57.1 Å². The molecule has 19 nitrogen and oxygen atoms in total. The third-order valence-corrected chi connectivity index (χ3v) is 13.5. The summed E-state index contributed by atoms with van der Waals surface area (Å²) in [4.78, 5) is 97.7. The number of benzene rings is 2. The van der Waals surface area contributed by atoms with Gasteiger partial charge in [-0.15, -0.1) is 0 Å². The zero-order valence-corrected chi connectivity index (χ0v) is 38.6. The van der Waals surface area contributed by atoms with Crippen LogP contribution >= 0.6 is 0 Å². The molecule has 2 saturated carbocycles. The Labute approximate surface area is 387 Å². The summed E-state index contributed by atoms with van der Waals surface area (Å²) in [6, 6.07) is 14.1. The van der Waals surface area contributed by atoms with Crippen molar-refractivity contribution in [3.8, 4) is 0 Å². The lowest BCUT2D eigenvalue weighted by Crippen LogP contribution is -2.82. The molecule has 11 atom stereocenters. The average molecular weight is 938 g/mol. The van der Waals surface area contributed by atoms with Gasteiger partial charge in [-0.05, 0) is 63.5 Å². The van der Waals surface area contributed by atoms with Gasteiger partial charge in [0.05, 0.1) is 42.6 Å². The minimum atomic E-state index is -2.54. The van der Waals surface area contributed by atoms with Crippen molar-refractivity contribution in [3.63, 3.8) is 0 Å². The van der Waals surface area contributed by atoms with Crippen LogP contribution in [0.4, 0.5) is 4.79 Å². The molecule has 2 aromatic carbocycles. The number of carbonyl (C=O) groups excluding carboxylic acids is 7. The molecule has 0 aromatic heterocycles. The predicted octanol–water partition coefficient (Wildman–Crippen LogP) is 2.74. The monoisotopic (exact) mass is 937 g/mol. The molecule has 2 aromatic rings.